The summed E-state index contributed by atoms with van der Waals surface area (Å²) in [5.74, 6) is 0.625. The quantitative estimate of drug-likeness (QED) is 0.438. The van der Waals surface area contributed by atoms with Gasteiger partial charge >= 0.3 is 0 Å². The van der Waals surface area contributed by atoms with Crippen LogP contribution in [0.4, 0.5) is 5.69 Å². The second-order valence-corrected chi connectivity index (χ2v) is 5.80. The summed E-state index contributed by atoms with van der Waals surface area (Å²) in [5.41, 5.74) is 1.70. The Hall–Kier alpha value is -3.27. The van der Waals surface area contributed by atoms with Gasteiger partial charge in [0.15, 0.2) is 5.58 Å². The molecule has 0 saturated carbocycles. The van der Waals surface area contributed by atoms with Crippen LogP contribution in [-0.4, -0.2) is 19.7 Å². The van der Waals surface area contributed by atoms with Crippen molar-refractivity contribution in [2.45, 2.75) is 0 Å². The van der Waals surface area contributed by atoms with Crippen LogP contribution in [0, 0.1) is 0 Å². The third-order valence-corrected chi connectivity index (χ3v) is 4.05. The van der Waals surface area contributed by atoms with Crippen molar-refractivity contribution in [1.29, 1.82) is 0 Å². The molecule has 0 N–H and O–H groups in total. The molecule has 3 aromatic rings. The average molecular weight is 347 g/mol. The van der Waals surface area contributed by atoms with Gasteiger partial charge < -0.3 is 14.1 Å². The number of nitrogens with zero attached hydrogens (tertiary/aromatic N) is 1. The van der Waals surface area contributed by atoms with E-state index in [-0.39, 0.29) is 5.43 Å². The molecular weight excluding hydrogens is 326 g/mol. The Morgan fingerprint density at radius 3 is 2.38 bits per heavy atom. The maximum atomic E-state index is 12.9. The second-order valence-electron chi connectivity index (χ2n) is 5.80. The molecule has 0 amide bonds. The third kappa shape index (κ3) is 3.14. The number of rotatable bonds is 8. The first-order chi connectivity index (χ1) is 12.7. The molecule has 0 aliphatic rings. The van der Waals surface area contributed by atoms with Gasteiger partial charge in [0.1, 0.15) is 23.6 Å². The summed E-state index contributed by atoms with van der Waals surface area (Å²) in [6.07, 6.45) is 5.26. The van der Waals surface area contributed by atoms with Crippen molar-refractivity contribution >= 4 is 27.6 Å². The van der Waals surface area contributed by atoms with E-state index in [1.54, 1.807) is 42.5 Å². The maximum Gasteiger partial charge on any atom is 0.200 e. The highest BCUT2D eigenvalue weighted by atomic mass is 16.5. The van der Waals surface area contributed by atoms with Crippen LogP contribution in [0.1, 0.15) is 0 Å². The Morgan fingerprint density at radius 2 is 1.69 bits per heavy atom. The highest BCUT2D eigenvalue weighted by molar-refractivity contribution is 5.98. The SMILES string of the molecule is C=CCOc1ccc2c(=O)c3ccccc3oc2c1N(CC=C)CC=C. The fraction of sp³-hybridized carbons (Fsp3) is 0.136. The van der Waals surface area contributed by atoms with Crippen LogP contribution in [0.2, 0.25) is 0 Å². The van der Waals surface area contributed by atoms with Crippen molar-refractivity contribution in [1.82, 2.24) is 0 Å². The minimum Gasteiger partial charge on any atom is -0.487 e. The van der Waals surface area contributed by atoms with Gasteiger partial charge in [0.2, 0.25) is 5.43 Å². The van der Waals surface area contributed by atoms with Crippen molar-refractivity contribution in [3.63, 3.8) is 0 Å². The molecule has 1 heterocycles. The molecular formula is C22H21NO3. The summed E-state index contributed by atoms with van der Waals surface area (Å²) >= 11 is 0. The van der Waals surface area contributed by atoms with Crippen molar-refractivity contribution in [2.24, 2.45) is 0 Å². The molecule has 1 aromatic heterocycles. The Balaban J connectivity index is 2.37. The lowest BCUT2D eigenvalue weighted by Crippen LogP contribution is -2.24. The zero-order valence-electron chi connectivity index (χ0n) is 14.6. The van der Waals surface area contributed by atoms with E-state index in [4.69, 9.17) is 9.15 Å². The normalized spacial score (nSPS) is 10.6. The fourth-order valence-electron chi connectivity index (χ4n) is 2.97. The molecule has 0 atom stereocenters. The molecule has 26 heavy (non-hydrogen) atoms. The summed E-state index contributed by atoms with van der Waals surface area (Å²) in [7, 11) is 0. The summed E-state index contributed by atoms with van der Waals surface area (Å²) in [5, 5.41) is 1.08. The van der Waals surface area contributed by atoms with Gasteiger partial charge in [-0.05, 0) is 24.3 Å². The van der Waals surface area contributed by atoms with Crippen molar-refractivity contribution < 1.29 is 9.15 Å². The van der Waals surface area contributed by atoms with Crippen LogP contribution in [-0.2, 0) is 0 Å². The van der Waals surface area contributed by atoms with Crippen LogP contribution in [0.5, 0.6) is 5.75 Å². The van der Waals surface area contributed by atoms with E-state index in [0.717, 1.165) is 0 Å². The zero-order chi connectivity index (χ0) is 18.5. The smallest absolute Gasteiger partial charge is 0.200 e. The highest BCUT2D eigenvalue weighted by Crippen LogP contribution is 2.37. The minimum atomic E-state index is -0.0597. The van der Waals surface area contributed by atoms with Gasteiger partial charge in [-0.2, -0.15) is 0 Å². The van der Waals surface area contributed by atoms with Crippen molar-refractivity contribution in [3.05, 3.63) is 84.6 Å². The predicted octanol–water partition coefficient (Wildman–Crippen LogP) is 4.69. The minimum absolute atomic E-state index is 0.0597. The summed E-state index contributed by atoms with van der Waals surface area (Å²) in [6, 6.07) is 10.8. The molecule has 0 aliphatic carbocycles. The standard InChI is InChI=1S/C22H21NO3/c1-4-13-23(14-5-2)20-19(25-15-6-3)12-11-17-21(24)16-9-7-8-10-18(16)26-22(17)20/h4-12H,1-3,13-15H2. The van der Waals surface area contributed by atoms with Crippen molar-refractivity contribution in [3.8, 4) is 5.75 Å². The van der Waals surface area contributed by atoms with E-state index in [9.17, 15) is 4.79 Å². The number of para-hydroxylation sites is 1. The highest BCUT2D eigenvalue weighted by Gasteiger charge is 2.19. The molecule has 2 aromatic carbocycles. The lowest BCUT2D eigenvalue weighted by molar-refractivity contribution is 0.363. The summed E-state index contributed by atoms with van der Waals surface area (Å²) in [6.45, 7) is 12.8. The Morgan fingerprint density at radius 1 is 0.962 bits per heavy atom. The maximum absolute atomic E-state index is 12.9. The van der Waals surface area contributed by atoms with Crippen LogP contribution in [0.3, 0.4) is 0 Å². The Labute approximate surface area is 152 Å². The first-order valence-electron chi connectivity index (χ1n) is 8.40. The second kappa shape index (κ2) is 7.74. The van der Waals surface area contributed by atoms with Gasteiger partial charge in [-0.3, -0.25) is 4.79 Å². The zero-order valence-corrected chi connectivity index (χ0v) is 14.6. The van der Waals surface area contributed by atoms with Gasteiger partial charge in [0.25, 0.3) is 0 Å². The monoisotopic (exact) mass is 347 g/mol. The average Bonchev–Trinajstić information content (AvgIpc) is 2.66. The molecule has 4 heteroatoms. The first-order valence-corrected chi connectivity index (χ1v) is 8.40. The Bertz CT molecular complexity index is 1020. The predicted molar refractivity (Wildman–Crippen MR) is 108 cm³/mol. The first kappa shape index (κ1) is 17.5. The molecule has 0 unspecified atom stereocenters. The van der Waals surface area contributed by atoms with E-state index >= 15 is 0 Å². The third-order valence-electron chi connectivity index (χ3n) is 4.05. The fourth-order valence-corrected chi connectivity index (χ4v) is 2.97. The molecule has 0 bridgehead atoms. The number of anilines is 1. The van der Waals surface area contributed by atoms with Gasteiger partial charge in [-0.15, -0.1) is 13.2 Å². The van der Waals surface area contributed by atoms with Crippen molar-refractivity contribution in [2.75, 3.05) is 24.6 Å². The number of benzene rings is 2. The van der Waals surface area contributed by atoms with E-state index < -0.39 is 0 Å². The largest absolute Gasteiger partial charge is 0.487 e. The molecule has 4 nitrogen and oxygen atoms in total. The van der Waals surface area contributed by atoms with Gasteiger partial charge in [-0.25, -0.2) is 0 Å². The lowest BCUT2D eigenvalue weighted by Gasteiger charge is -2.25. The molecule has 0 radical (unpaired) electrons. The summed E-state index contributed by atoms with van der Waals surface area (Å²) in [4.78, 5) is 14.9. The van der Waals surface area contributed by atoms with Crippen LogP contribution in [0.25, 0.3) is 21.9 Å². The molecule has 3 rings (SSSR count). The number of hydrogen-bond donors (Lipinski definition) is 0. The number of fused-ring (bicyclic) bond motifs is 2. The van der Waals surface area contributed by atoms with E-state index in [0.29, 0.717) is 53.1 Å². The Kier molecular flexibility index (Phi) is 5.23. The number of ether oxygens (including phenoxy) is 1. The van der Waals surface area contributed by atoms with E-state index in [1.807, 2.05) is 17.0 Å². The lowest BCUT2D eigenvalue weighted by atomic mass is 10.1. The molecule has 0 saturated heterocycles. The van der Waals surface area contributed by atoms with Gasteiger partial charge in [-0.1, -0.05) is 36.9 Å². The van der Waals surface area contributed by atoms with E-state index in [1.165, 1.54) is 0 Å². The summed E-state index contributed by atoms with van der Waals surface area (Å²) < 4.78 is 12.0. The van der Waals surface area contributed by atoms with Gasteiger partial charge in [0.05, 0.1) is 10.8 Å². The molecule has 0 aliphatic heterocycles. The topological polar surface area (TPSA) is 42.7 Å². The van der Waals surface area contributed by atoms with Crippen LogP contribution in [0.15, 0.2) is 83.6 Å². The molecule has 0 fully saturated rings. The van der Waals surface area contributed by atoms with Crippen LogP contribution < -0.4 is 15.1 Å². The van der Waals surface area contributed by atoms with Gasteiger partial charge in [0, 0.05) is 13.1 Å². The molecule has 0 spiro atoms. The van der Waals surface area contributed by atoms with E-state index in [2.05, 4.69) is 19.7 Å². The van der Waals surface area contributed by atoms with Crippen LogP contribution >= 0.6 is 0 Å². The number of hydrogen-bond acceptors (Lipinski definition) is 4. The molecule has 132 valence electrons.